The number of anilines is 2. The molecule has 2 heterocycles. The van der Waals surface area contributed by atoms with Gasteiger partial charge in [0, 0.05) is 46.3 Å². The van der Waals surface area contributed by atoms with Crippen LogP contribution in [0.25, 0.3) is 23.1 Å². The summed E-state index contributed by atoms with van der Waals surface area (Å²) in [5, 5.41) is 14.1. The molecule has 0 amide bonds. The Morgan fingerprint density at radius 1 is 1.03 bits per heavy atom. The maximum Gasteiger partial charge on any atom is 0.150 e. The van der Waals surface area contributed by atoms with Crippen LogP contribution in [-0.2, 0) is 0 Å². The molecular weight excluding hydrogens is 360 g/mol. The van der Waals surface area contributed by atoms with E-state index in [1.165, 1.54) is 0 Å². The summed E-state index contributed by atoms with van der Waals surface area (Å²) < 4.78 is 0. The van der Waals surface area contributed by atoms with Gasteiger partial charge in [-0.3, -0.25) is 9.78 Å². The maximum atomic E-state index is 10.8. The van der Waals surface area contributed by atoms with E-state index in [9.17, 15) is 10.1 Å². The highest BCUT2D eigenvalue weighted by molar-refractivity contribution is 5.90. The number of benzene rings is 2. The molecule has 4 rings (SSSR count). The molecule has 0 aliphatic heterocycles. The average Bonchev–Trinajstić information content (AvgIpc) is 3.25. The number of aromatic amines is 1. The molecule has 5 heteroatoms. The van der Waals surface area contributed by atoms with Gasteiger partial charge in [-0.1, -0.05) is 36.4 Å². The van der Waals surface area contributed by atoms with E-state index in [0.717, 1.165) is 39.6 Å². The monoisotopic (exact) mass is 378 g/mol. The Morgan fingerprint density at radius 3 is 2.59 bits per heavy atom. The summed E-state index contributed by atoms with van der Waals surface area (Å²) in [4.78, 5) is 18.2. The second kappa shape index (κ2) is 7.83. The van der Waals surface area contributed by atoms with E-state index >= 15 is 0 Å². The van der Waals surface area contributed by atoms with Crippen molar-refractivity contribution < 1.29 is 4.79 Å². The zero-order valence-corrected chi connectivity index (χ0v) is 15.8. The lowest BCUT2D eigenvalue weighted by atomic mass is 10.1. The number of nitrogens with one attached hydrogen (secondary N) is 2. The Bertz CT molecular complexity index is 1260. The number of pyridine rings is 1. The molecule has 0 unspecified atom stereocenters. The van der Waals surface area contributed by atoms with Gasteiger partial charge in [-0.15, -0.1) is 0 Å². The Morgan fingerprint density at radius 2 is 1.83 bits per heavy atom. The molecule has 0 fully saturated rings. The maximum absolute atomic E-state index is 10.8. The van der Waals surface area contributed by atoms with Crippen LogP contribution in [0, 0.1) is 18.3 Å². The highest BCUT2D eigenvalue weighted by Crippen LogP contribution is 2.31. The number of hydrogen-bond acceptors (Lipinski definition) is 4. The van der Waals surface area contributed by atoms with Crippen molar-refractivity contribution >= 4 is 40.7 Å². The third-order valence-corrected chi connectivity index (χ3v) is 4.89. The van der Waals surface area contributed by atoms with E-state index in [1.807, 2.05) is 48.7 Å². The van der Waals surface area contributed by atoms with Gasteiger partial charge < -0.3 is 10.3 Å². The van der Waals surface area contributed by atoms with E-state index in [0.29, 0.717) is 16.8 Å². The van der Waals surface area contributed by atoms with Crippen LogP contribution in [-0.4, -0.2) is 16.3 Å². The van der Waals surface area contributed by atoms with Crippen LogP contribution < -0.4 is 5.32 Å². The van der Waals surface area contributed by atoms with Gasteiger partial charge in [0.25, 0.3) is 0 Å². The van der Waals surface area contributed by atoms with Gasteiger partial charge in [-0.05, 0) is 36.2 Å². The highest BCUT2D eigenvalue weighted by atomic mass is 16.1. The van der Waals surface area contributed by atoms with E-state index < -0.39 is 0 Å². The third kappa shape index (κ3) is 3.64. The van der Waals surface area contributed by atoms with Gasteiger partial charge in [0.05, 0.1) is 11.3 Å². The molecule has 0 aliphatic carbocycles. The first-order valence-corrected chi connectivity index (χ1v) is 9.15. The fraction of sp³-hybridized carbons (Fsp3) is 0.0417. The first kappa shape index (κ1) is 18.2. The predicted octanol–water partition coefficient (Wildman–Crippen LogP) is 5.47. The van der Waals surface area contributed by atoms with Crippen LogP contribution in [0.1, 0.15) is 32.6 Å². The zero-order chi connectivity index (χ0) is 20.2. The topological polar surface area (TPSA) is 81.6 Å². The molecule has 4 aromatic rings. The van der Waals surface area contributed by atoms with E-state index in [-0.39, 0.29) is 0 Å². The molecule has 0 spiro atoms. The Hall–Kier alpha value is -4.17. The molecule has 140 valence electrons. The molecule has 29 heavy (non-hydrogen) atoms. The zero-order valence-electron chi connectivity index (χ0n) is 15.8. The lowest BCUT2D eigenvalue weighted by Crippen LogP contribution is -1.99. The average molecular weight is 378 g/mol. The van der Waals surface area contributed by atoms with Crippen molar-refractivity contribution in [3.63, 3.8) is 0 Å². The summed E-state index contributed by atoms with van der Waals surface area (Å²) in [5.41, 5.74) is 6.67. The second-order valence-corrected chi connectivity index (χ2v) is 6.68. The molecule has 0 atom stereocenters. The molecule has 0 saturated carbocycles. The minimum atomic E-state index is 0.469. The van der Waals surface area contributed by atoms with Gasteiger partial charge in [-0.2, -0.15) is 5.26 Å². The van der Waals surface area contributed by atoms with Crippen molar-refractivity contribution in [1.29, 1.82) is 5.26 Å². The molecular formula is C24H18N4O. The number of aldehydes is 1. The molecule has 5 nitrogen and oxygen atoms in total. The first-order valence-electron chi connectivity index (χ1n) is 9.15. The SMILES string of the molecule is Cc1c(Nc2c(C#N)cncc2/C=C/c2ccc(C=O)cc2)ccc2[nH]ccc12. The minimum absolute atomic E-state index is 0.469. The Labute approximate surface area is 168 Å². The number of aromatic nitrogens is 2. The third-order valence-electron chi connectivity index (χ3n) is 4.89. The number of carbonyl (C=O) groups is 1. The largest absolute Gasteiger partial charge is 0.361 e. The van der Waals surface area contributed by atoms with Crippen LogP contribution in [0.3, 0.4) is 0 Å². The number of H-pyrrole nitrogens is 1. The quantitative estimate of drug-likeness (QED) is 0.451. The fourth-order valence-corrected chi connectivity index (χ4v) is 3.25. The molecule has 0 bridgehead atoms. The van der Waals surface area contributed by atoms with Crippen LogP contribution in [0.4, 0.5) is 11.4 Å². The van der Waals surface area contributed by atoms with Gasteiger partial charge in [-0.25, -0.2) is 0 Å². The number of hydrogen-bond donors (Lipinski definition) is 2. The van der Waals surface area contributed by atoms with Crippen LogP contribution in [0.15, 0.2) is 61.1 Å². The number of rotatable bonds is 5. The molecule has 2 N–H and O–H groups in total. The molecule has 0 radical (unpaired) electrons. The first-order chi connectivity index (χ1) is 14.2. The number of fused-ring (bicyclic) bond motifs is 1. The summed E-state index contributed by atoms with van der Waals surface area (Å²) in [6, 6.07) is 15.6. The Kier molecular flexibility index (Phi) is 4.91. The molecule has 0 saturated heterocycles. The lowest BCUT2D eigenvalue weighted by Gasteiger charge is -2.14. The fourth-order valence-electron chi connectivity index (χ4n) is 3.25. The van der Waals surface area contributed by atoms with E-state index in [4.69, 9.17) is 0 Å². The van der Waals surface area contributed by atoms with Crippen molar-refractivity contribution in [2.24, 2.45) is 0 Å². The summed E-state index contributed by atoms with van der Waals surface area (Å²) >= 11 is 0. The Balaban J connectivity index is 1.72. The van der Waals surface area contributed by atoms with Crippen molar-refractivity contribution in [3.05, 3.63) is 88.9 Å². The standard InChI is InChI=1S/C24H18N4O/c1-16-21-10-11-27-23(21)9-8-22(16)28-24-19(13-26-14-20(24)12-25)7-6-17-2-4-18(15-29)5-3-17/h2-11,13-15,27H,1H3,(H,26,28)/b7-6+. The van der Waals surface area contributed by atoms with Crippen LogP contribution in [0.5, 0.6) is 0 Å². The van der Waals surface area contributed by atoms with Crippen LogP contribution >= 0.6 is 0 Å². The van der Waals surface area contributed by atoms with Crippen molar-refractivity contribution in [3.8, 4) is 6.07 Å². The van der Waals surface area contributed by atoms with Crippen molar-refractivity contribution in [2.45, 2.75) is 6.92 Å². The van der Waals surface area contributed by atoms with Crippen molar-refractivity contribution in [2.75, 3.05) is 5.32 Å². The summed E-state index contributed by atoms with van der Waals surface area (Å²) in [6.07, 6.45) is 9.86. The lowest BCUT2D eigenvalue weighted by molar-refractivity contribution is 0.112. The summed E-state index contributed by atoms with van der Waals surface area (Å²) in [5.74, 6) is 0. The normalized spacial score (nSPS) is 10.9. The van der Waals surface area contributed by atoms with Gasteiger partial charge in [0.1, 0.15) is 12.4 Å². The summed E-state index contributed by atoms with van der Waals surface area (Å²) in [6.45, 7) is 2.05. The second-order valence-electron chi connectivity index (χ2n) is 6.68. The molecule has 2 aromatic heterocycles. The van der Waals surface area contributed by atoms with Gasteiger partial charge >= 0.3 is 0 Å². The van der Waals surface area contributed by atoms with E-state index in [1.54, 1.807) is 24.5 Å². The van der Waals surface area contributed by atoms with Crippen molar-refractivity contribution in [1.82, 2.24) is 9.97 Å². The minimum Gasteiger partial charge on any atom is -0.361 e. The smallest absolute Gasteiger partial charge is 0.150 e. The number of carbonyl (C=O) groups excluding carboxylic acids is 1. The van der Waals surface area contributed by atoms with Gasteiger partial charge in [0.15, 0.2) is 0 Å². The molecule has 2 aromatic carbocycles. The number of aryl methyl sites for hydroxylation is 1. The number of nitriles is 1. The molecule has 0 aliphatic rings. The number of nitrogens with zero attached hydrogens (tertiary/aromatic N) is 2. The van der Waals surface area contributed by atoms with Crippen LogP contribution in [0.2, 0.25) is 0 Å². The summed E-state index contributed by atoms with van der Waals surface area (Å²) in [7, 11) is 0. The highest BCUT2D eigenvalue weighted by Gasteiger charge is 2.11. The predicted molar refractivity (Wildman–Crippen MR) is 116 cm³/mol. The van der Waals surface area contributed by atoms with Gasteiger partial charge in [0.2, 0.25) is 0 Å². The van der Waals surface area contributed by atoms with E-state index in [2.05, 4.69) is 28.3 Å².